The minimum atomic E-state index is -0.496. The molecule has 0 aliphatic carbocycles. The van der Waals surface area contributed by atoms with E-state index in [1.54, 1.807) is 6.92 Å². The van der Waals surface area contributed by atoms with E-state index in [1.807, 2.05) is 44.8 Å². The molecule has 0 saturated heterocycles. The summed E-state index contributed by atoms with van der Waals surface area (Å²) in [5, 5.41) is 3.76. The van der Waals surface area contributed by atoms with Crippen LogP contribution in [0.4, 0.5) is 0 Å². The maximum atomic E-state index is 12.1. The van der Waals surface area contributed by atoms with Crippen molar-refractivity contribution in [1.29, 1.82) is 0 Å². The molecule has 2 aromatic rings. The molecule has 0 aliphatic heterocycles. The first-order chi connectivity index (χ1) is 9.32. The van der Waals surface area contributed by atoms with Gasteiger partial charge in [-0.1, -0.05) is 0 Å². The first kappa shape index (κ1) is 14.9. The zero-order chi connectivity index (χ0) is 15.0. The van der Waals surface area contributed by atoms with Crippen LogP contribution in [0, 0.1) is 20.8 Å². The summed E-state index contributed by atoms with van der Waals surface area (Å²) in [6.45, 7) is 8.45. The number of ketones is 1. The van der Waals surface area contributed by atoms with Gasteiger partial charge in [0.05, 0.1) is 18.1 Å². The van der Waals surface area contributed by atoms with Crippen LogP contribution in [-0.2, 0) is 13.6 Å². The third-order valence-corrected chi connectivity index (χ3v) is 4.06. The molecule has 4 nitrogen and oxygen atoms in total. The van der Waals surface area contributed by atoms with E-state index >= 15 is 0 Å². The molecule has 1 atom stereocenters. The molecule has 20 heavy (non-hydrogen) atoms. The third-order valence-electron chi connectivity index (χ3n) is 3.87. The fourth-order valence-electron chi connectivity index (χ4n) is 2.38. The second-order valence-electron chi connectivity index (χ2n) is 5.23. The highest BCUT2D eigenvalue weighted by Crippen LogP contribution is 2.20. The molecule has 0 spiro atoms. The summed E-state index contributed by atoms with van der Waals surface area (Å²) in [4.78, 5) is 12.1. The molecular weight excluding hydrogens is 274 g/mol. The van der Waals surface area contributed by atoms with Gasteiger partial charge in [0.15, 0.2) is 5.78 Å². The standard InChI is InChI=1S/C15H20ClN3O/c1-9-6-14(15(20)10(2)16)12(4)19(9)8-13-7-17-18(5)11(13)3/h6-7,10H,8H2,1-5H3. The van der Waals surface area contributed by atoms with Crippen LogP contribution in [0.3, 0.4) is 0 Å². The Labute approximate surface area is 124 Å². The molecule has 0 aromatic carbocycles. The number of nitrogens with zero attached hydrogens (tertiary/aromatic N) is 3. The number of hydrogen-bond donors (Lipinski definition) is 0. The van der Waals surface area contributed by atoms with Crippen molar-refractivity contribution in [3.63, 3.8) is 0 Å². The van der Waals surface area contributed by atoms with Crippen LogP contribution < -0.4 is 0 Å². The van der Waals surface area contributed by atoms with Crippen LogP contribution in [0.25, 0.3) is 0 Å². The number of halogens is 1. The van der Waals surface area contributed by atoms with Crippen molar-refractivity contribution in [2.75, 3.05) is 0 Å². The summed E-state index contributed by atoms with van der Waals surface area (Å²) in [5.74, 6) is -0.0195. The number of aromatic nitrogens is 3. The lowest BCUT2D eigenvalue weighted by atomic mass is 10.1. The minimum absolute atomic E-state index is 0.0195. The molecule has 2 aromatic heterocycles. The summed E-state index contributed by atoms with van der Waals surface area (Å²) >= 11 is 5.91. The van der Waals surface area contributed by atoms with E-state index in [0.717, 1.165) is 29.2 Å². The van der Waals surface area contributed by atoms with E-state index in [1.165, 1.54) is 0 Å². The SMILES string of the molecule is Cc1c(Cn2c(C)cc(C(=O)C(C)Cl)c2C)cnn1C. The number of carbonyl (C=O) groups excluding carboxylic acids is 1. The molecule has 0 bridgehead atoms. The van der Waals surface area contributed by atoms with Gasteiger partial charge in [0.25, 0.3) is 0 Å². The topological polar surface area (TPSA) is 39.8 Å². The Morgan fingerprint density at radius 2 is 2.00 bits per heavy atom. The molecule has 5 heteroatoms. The van der Waals surface area contributed by atoms with Gasteiger partial charge in [-0.3, -0.25) is 9.48 Å². The average molecular weight is 294 g/mol. The maximum absolute atomic E-state index is 12.1. The number of rotatable bonds is 4. The summed E-state index contributed by atoms with van der Waals surface area (Å²) in [7, 11) is 1.93. The summed E-state index contributed by atoms with van der Waals surface area (Å²) in [5.41, 5.74) is 5.03. The molecule has 0 saturated carbocycles. The van der Waals surface area contributed by atoms with E-state index in [2.05, 4.69) is 9.67 Å². The molecule has 0 amide bonds. The van der Waals surface area contributed by atoms with Crippen molar-refractivity contribution in [2.45, 2.75) is 39.6 Å². The van der Waals surface area contributed by atoms with Gasteiger partial charge in [-0.15, -0.1) is 11.6 Å². The highest BCUT2D eigenvalue weighted by molar-refractivity contribution is 6.33. The number of alkyl halides is 1. The highest BCUT2D eigenvalue weighted by atomic mass is 35.5. The first-order valence-electron chi connectivity index (χ1n) is 6.65. The van der Waals surface area contributed by atoms with Gasteiger partial charge < -0.3 is 4.57 Å². The van der Waals surface area contributed by atoms with Crippen LogP contribution in [0.15, 0.2) is 12.3 Å². The van der Waals surface area contributed by atoms with Gasteiger partial charge in [0.1, 0.15) is 0 Å². The van der Waals surface area contributed by atoms with Crippen molar-refractivity contribution in [3.8, 4) is 0 Å². The van der Waals surface area contributed by atoms with Crippen molar-refractivity contribution < 1.29 is 4.79 Å². The van der Waals surface area contributed by atoms with E-state index in [-0.39, 0.29) is 5.78 Å². The second kappa shape index (κ2) is 5.44. The summed E-state index contributed by atoms with van der Waals surface area (Å²) < 4.78 is 3.99. The molecule has 0 N–H and O–H groups in total. The fraction of sp³-hybridized carbons (Fsp3) is 0.467. The quantitative estimate of drug-likeness (QED) is 0.642. The van der Waals surface area contributed by atoms with Gasteiger partial charge in [-0.25, -0.2) is 0 Å². The highest BCUT2D eigenvalue weighted by Gasteiger charge is 2.19. The maximum Gasteiger partial charge on any atom is 0.182 e. The predicted molar refractivity (Wildman–Crippen MR) is 80.6 cm³/mol. The Hall–Kier alpha value is -1.55. The largest absolute Gasteiger partial charge is 0.344 e. The number of aryl methyl sites for hydroxylation is 2. The summed E-state index contributed by atoms with van der Waals surface area (Å²) in [6, 6.07) is 1.92. The molecule has 2 heterocycles. The molecule has 2 rings (SSSR count). The minimum Gasteiger partial charge on any atom is -0.344 e. The van der Waals surface area contributed by atoms with Gasteiger partial charge in [-0.2, -0.15) is 5.10 Å². The zero-order valence-corrected chi connectivity index (χ0v) is 13.3. The normalized spacial score (nSPS) is 12.7. The number of carbonyl (C=O) groups is 1. The monoisotopic (exact) mass is 293 g/mol. The van der Waals surface area contributed by atoms with Gasteiger partial charge >= 0.3 is 0 Å². The zero-order valence-electron chi connectivity index (χ0n) is 12.6. The molecular formula is C15H20ClN3O. The lowest BCUT2D eigenvalue weighted by Crippen LogP contribution is -2.12. The molecule has 1 unspecified atom stereocenters. The van der Waals surface area contributed by atoms with E-state index < -0.39 is 5.38 Å². The van der Waals surface area contributed by atoms with E-state index in [9.17, 15) is 4.79 Å². The third kappa shape index (κ3) is 2.52. The van der Waals surface area contributed by atoms with Crippen LogP contribution in [-0.4, -0.2) is 25.5 Å². The van der Waals surface area contributed by atoms with Crippen LogP contribution in [0.5, 0.6) is 0 Å². The van der Waals surface area contributed by atoms with Crippen molar-refractivity contribution in [3.05, 3.63) is 40.5 Å². The van der Waals surface area contributed by atoms with E-state index in [4.69, 9.17) is 11.6 Å². The Kier molecular flexibility index (Phi) is 4.04. The van der Waals surface area contributed by atoms with Crippen LogP contribution >= 0.6 is 11.6 Å². The van der Waals surface area contributed by atoms with Crippen LogP contribution in [0.1, 0.15) is 39.9 Å². The lowest BCUT2D eigenvalue weighted by molar-refractivity contribution is 0.0991. The van der Waals surface area contributed by atoms with Crippen LogP contribution in [0.2, 0.25) is 0 Å². The summed E-state index contributed by atoms with van der Waals surface area (Å²) in [6.07, 6.45) is 1.87. The first-order valence-corrected chi connectivity index (χ1v) is 7.09. The molecule has 108 valence electrons. The number of Topliss-reactive ketones (excluding diaryl/α,β-unsaturated/α-hetero) is 1. The second-order valence-corrected chi connectivity index (χ2v) is 5.88. The fourth-order valence-corrected chi connectivity index (χ4v) is 2.50. The lowest BCUT2D eigenvalue weighted by Gasteiger charge is -2.10. The molecule has 0 aliphatic rings. The predicted octanol–water partition coefficient (Wildman–Crippen LogP) is 3.01. The Bertz CT molecular complexity index is 652. The molecule has 0 fully saturated rings. The smallest absolute Gasteiger partial charge is 0.182 e. The van der Waals surface area contributed by atoms with Crippen molar-refractivity contribution in [1.82, 2.24) is 14.3 Å². The van der Waals surface area contributed by atoms with E-state index in [0.29, 0.717) is 5.56 Å². The van der Waals surface area contributed by atoms with Gasteiger partial charge in [0.2, 0.25) is 0 Å². The van der Waals surface area contributed by atoms with Crippen molar-refractivity contribution in [2.24, 2.45) is 7.05 Å². The Balaban J connectivity index is 2.39. The number of hydrogen-bond acceptors (Lipinski definition) is 2. The van der Waals surface area contributed by atoms with Gasteiger partial charge in [-0.05, 0) is 33.8 Å². The Morgan fingerprint density at radius 1 is 1.35 bits per heavy atom. The average Bonchev–Trinajstić information content (AvgIpc) is 2.85. The molecule has 0 radical (unpaired) electrons. The Morgan fingerprint density at radius 3 is 2.50 bits per heavy atom. The van der Waals surface area contributed by atoms with Gasteiger partial charge in [0, 0.05) is 35.3 Å². The van der Waals surface area contributed by atoms with Crippen molar-refractivity contribution >= 4 is 17.4 Å².